The first-order valence-corrected chi connectivity index (χ1v) is 12.5. The lowest BCUT2D eigenvalue weighted by atomic mass is 10.1. The Morgan fingerprint density at radius 3 is 2.21 bits per heavy atom. The van der Waals surface area contributed by atoms with E-state index in [0.717, 1.165) is 18.8 Å². The van der Waals surface area contributed by atoms with E-state index in [1.807, 2.05) is 30.0 Å². The Balaban J connectivity index is 1.50. The normalized spacial score (nSPS) is 14.0. The standard InChI is InChI=1S/C25H27N3O5S/c1-2-33-21-9-11-22(12-10-21)34(31,32)26-19-8-13-24(23(18-19)25(29)30)28-16-14-27(15-17-28)20-6-4-3-5-7-20/h3-13,18,26H,2,14-17H2,1H3,(H,29,30). The Kier molecular flexibility index (Phi) is 6.93. The van der Waals surface area contributed by atoms with E-state index in [9.17, 15) is 18.3 Å². The van der Waals surface area contributed by atoms with Gasteiger partial charge in [-0.3, -0.25) is 4.72 Å². The average molecular weight is 482 g/mol. The van der Waals surface area contributed by atoms with Gasteiger partial charge in [-0.05, 0) is 61.5 Å². The smallest absolute Gasteiger partial charge is 0.337 e. The van der Waals surface area contributed by atoms with E-state index in [-0.39, 0.29) is 16.1 Å². The number of rotatable bonds is 8. The molecule has 1 saturated heterocycles. The Morgan fingerprint density at radius 2 is 1.59 bits per heavy atom. The van der Waals surface area contributed by atoms with E-state index in [1.165, 1.54) is 18.2 Å². The number of carboxylic acids is 1. The molecule has 2 N–H and O–H groups in total. The molecule has 3 aromatic rings. The third kappa shape index (κ3) is 5.26. The molecule has 0 amide bonds. The maximum absolute atomic E-state index is 12.8. The van der Waals surface area contributed by atoms with Gasteiger partial charge in [0.05, 0.1) is 22.8 Å². The number of carbonyl (C=O) groups is 1. The molecule has 9 heteroatoms. The van der Waals surface area contributed by atoms with E-state index in [2.05, 4.69) is 21.8 Å². The lowest BCUT2D eigenvalue weighted by Crippen LogP contribution is -2.47. The van der Waals surface area contributed by atoms with E-state index in [4.69, 9.17) is 4.74 Å². The minimum absolute atomic E-state index is 0.0556. The second kappa shape index (κ2) is 10.0. The molecule has 0 radical (unpaired) electrons. The number of sulfonamides is 1. The molecular weight excluding hydrogens is 454 g/mol. The molecule has 34 heavy (non-hydrogen) atoms. The molecule has 0 spiro atoms. The fraction of sp³-hybridized carbons (Fsp3) is 0.240. The minimum Gasteiger partial charge on any atom is -0.494 e. The van der Waals surface area contributed by atoms with Crippen molar-refractivity contribution in [2.24, 2.45) is 0 Å². The van der Waals surface area contributed by atoms with E-state index < -0.39 is 16.0 Å². The summed E-state index contributed by atoms with van der Waals surface area (Å²) in [4.78, 5) is 16.4. The highest BCUT2D eigenvalue weighted by molar-refractivity contribution is 7.92. The Labute approximate surface area is 199 Å². The van der Waals surface area contributed by atoms with Crippen LogP contribution >= 0.6 is 0 Å². The molecule has 8 nitrogen and oxygen atoms in total. The predicted octanol–water partition coefficient (Wildman–Crippen LogP) is 3.91. The van der Waals surface area contributed by atoms with Gasteiger partial charge in [0.15, 0.2) is 0 Å². The number of anilines is 3. The van der Waals surface area contributed by atoms with Crippen molar-refractivity contribution in [2.45, 2.75) is 11.8 Å². The van der Waals surface area contributed by atoms with Crippen molar-refractivity contribution in [3.63, 3.8) is 0 Å². The number of para-hydroxylation sites is 1. The number of ether oxygens (including phenoxy) is 1. The first-order chi connectivity index (χ1) is 16.4. The number of carboxylic acid groups (broad SMARTS) is 1. The van der Waals surface area contributed by atoms with Crippen LogP contribution in [0.25, 0.3) is 0 Å². The van der Waals surface area contributed by atoms with Crippen LogP contribution in [0.2, 0.25) is 0 Å². The second-order valence-corrected chi connectivity index (χ2v) is 9.54. The van der Waals surface area contributed by atoms with Gasteiger partial charge in [-0.1, -0.05) is 18.2 Å². The lowest BCUT2D eigenvalue weighted by Gasteiger charge is -2.38. The zero-order valence-electron chi connectivity index (χ0n) is 18.8. The van der Waals surface area contributed by atoms with Crippen LogP contribution in [0.4, 0.5) is 17.1 Å². The predicted molar refractivity (Wildman–Crippen MR) is 133 cm³/mol. The molecule has 3 aromatic carbocycles. The summed E-state index contributed by atoms with van der Waals surface area (Å²) in [6, 6.07) is 20.8. The topological polar surface area (TPSA) is 99.2 Å². The summed E-state index contributed by atoms with van der Waals surface area (Å²) < 4.78 is 33.4. The van der Waals surface area contributed by atoms with Gasteiger partial charge in [-0.2, -0.15) is 0 Å². The Bertz CT molecular complexity index is 1240. The highest BCUT2D eigenvalue weighted by Gasteiger charge is 2.23. The summed E-state index contributed by atoms with van der Waals surface area (Å²) >= 11 is 0. The minimum atomic E-state index is -3.88. The quantitative estimate of drug-likeness (QED) is 0.503. The lowest BCUT2D eigenvalue weighted by molar-refractivity contribution is 0.0697. The van der Waals surface area contributed by atoms with Crippen LogP contribution in [0.1, 0.15) is 17.3 Å². The molecule has 4 rings (SSSR count). The highest BCUT2D eigenvalue weighted by Crippen LogP contribution is 2.28. The molecule has 1 aliphatic heterocycles. The average Bonchev–Trinajstić information content (AvgIpc) is 2.85. The zero-order chi connectivity index (χ0) is 24.1. The maximum Gasteiger partial charge on any atom is 0.337 e. The van der Waals surface area contributed by atoms with Gasteiger partial charge in [0.2, 0.25) is 0 Å². The highest BCUT2D eigenvalue weighted by atomic mass is 32.2. The fourth-order valence-corrected chi connectivity index (χ4v) is 5.04. The van der Waals surface area contributed by atoms with Gasteiger partial charge >= 0.3 is 5.97 Å². The van der Waals surface area contributed by atoms with Crippen molar-refractivity contribution in [1.82, 2.24) is 0 Å². The summed E-state index contributed by atoms with van der Waals surface area (Å²) in [5.41, 5.74) is 1.96. The number of nitrogens with one attached hydrogen (secondary N) is 1. The first kappa shape index (κ1) is 23.4. The largest absolute Gasteiger partial charge is 0.494 e. The molecule has 1 aliphatic rings. The van der Waals surface area contributed by atoms with Crippen molar-refractivity contribution >= 4 is 33.1 Å². The SMILES string of the molecule is CCOc1ccc(S(=O)(=O)Nc2ccc(N3CCN(c4ccccc4)CC3)c(C(=O)O)c2)cc1. The van der Waals surface area contributed by atoms with E-state index in [1.54, 1.807) is 24.3 Å². The summed E-state index contributed by atoms with van der Waals surface area (Å²) in [6.45, 7) is 5.16. The van der Waals surface area contributed by atoms with Crippen LogP contribution in [-0.4, -0.2) is 52.3 Å². The van der Waals surface area contributed by atoms with Crippen LogP contribution in [0.3, 0.4) is 0 Å². The monoisotopic (exact) mass is 481 g/mol. The van der Waals surface area contributed by atoms with Gasteiger partial charge in [0.1, 0.15) is 5.75 Å². The van der Waals surface area contributed by atoms with Crippen LogP contribution in [-0.2, 0) is 10.0 Å². The van der Waals surface area contributed by atoms with E-state index >= 15 is 0 Å². The number of aromatic carboxylic acids is 1. The molecule has 0 atom stereocenters. The molecule has 178 valence electrons. The van der Waals surface area contributed by atoms with Crippen molar-refractivity contribution in [3.05, 3.63) is 78.4 Å². The molecule has 0 bridgehead atoms. The van der Waals surface area contributed by atoms with Crippen LogP contribution in [0, 0.1) is 0 Å². The molecule has 1 heterocycles. The molecule has 1 fully saturated rings. The summed E-state index contributed by atoms with van der Waals surface area (Å²) in [6.07, 6.45) is 0. The van der Waals surface area contributed by atoms with Crippen molar-refractivity contribution in [3.8, 4) is 5.75 Å². The van der Waals surface area contributed by atoms with Crippen molar-refractivity contribution in [1.29, 1.82) is 0 Å². The Morgan fingerprint density at radius 1 is 0.941 bits per heavy atom. The summed E-state index contributed by atoms with van der Waals surface area (Å²) in [7, 11) is -3.88. The number of nitrogens with zero attached hydrogens (tertiary/aromatic N) is 2. The Hall–Kier alpha value is -3.72. The van der Waals surface area contributed by atoms with Crippen molar-refractivity contribution < 1.29 is 23.1 Å². The number of hydrogen-bond acceptors (Lipinski definition) is 6. The molecule has 0 aliphatic carbocycles. The summed E-state index contributed by atoms with van der Waals surface area (Å²) in [5, 5.41) is 9.82. The number of hydrogen-bond donors (Lipinski definition) is 2. The van der Waals surface area contributed by atoms with E-state index in [0.29, 0.717) is 31.1 Å². The molecule has 0 aromatic heterocycles. The van der Waals surface area contributed by atoms with Crippen LogP contribution < -0.4 is 19.3 Å². The van der Waals surface area contributed by atoms with Gasteiger partial charge in [0, 0.05) is 37.6 Å². The molecule has 0 unspecified atom stereocenters. The zero-order valence-corrected chi connectivity index (χ0v) is 19.7. The second-order valence-electron chi connectivity index (χ2n) is 7.86. The molecule has 0 saturated carbocycles. The van der Waals surface area contributed by atoms with Gasteiger partial charge < -0.3 is 19.6 Å². The number of piperazine rings is 1. The van der Waals surface area contributed by atoms with Gasteiger partial charge in [-0.15, -0.1) is 0 Å². The van der Waals surface area contributed by atoms with Gasteiger partial charge in [0.25, 0.3) is 10.0 Å². The maximum atomic E-state index is 12.8. The third-order valence-electron chi connectivity index (χ3n) is 5.67. The van der Waals surface area contributed by atoms with Crippen LogP contribution in [0.5, 0.6) is 5.75 Å². The first-order valence-electron chi connectivity index (χ1n) is 11.1. The van der Waals surface area contributed by atoms with Crippen molar-refractivity contribution in [2.75, 3.05) is 47.3 Å². The fourth-order valence-electron chi connectivity index (χ4n) is 3.99. The number of benzene rings is 3. The van der Waals surface area contributed by atoms with Gasteiger partial charge in [-0.25, -0.2) is 13.2 Å². The molecular formula is C25H27N3O5S. The van der Waals surface area contributed by atoms with Crippen LogP contribution in [0.15, 0.2) is 77.7 Å². The third-order valence-corrected chi connectivity index (χ3v) is 7.06. The summed E-state index contributed by atoms with van der Waals surface area (Å²) in [5.74, 6) is -0.533.